The molecular weight excluding hydrogens is 753 g/mol. The third kappa shape index (κ3) is 10.5. The predicted molar refractivity (Wildman–Crippen MR) is 192 cm³/mol. The van der Waals surface area contributed by atoms with Gasteiger partial charge in [-0.1, -0.05) is 11.6 Å². The van der Waals surface area contributed by atoms with Crippen molar-refractivity contribution in [2.24, 2.45) is 0 Å². The minimum Gasteiger partial charge on any atom is -0.484 e. The number of rotatable bonds is 12. The molecule has 2 N–H and O–H groups in total. The fourth-order valence-electron chi connectivity index (χ4n) is 6.83. The Bertz CT molecular complexity index is 2030. The summed E-state index contributed by atoms with van der Waals surface area (Å²) in [6.45, 7) is 8.46. The summed E-state index contributed by atoms with van der Waals surface area (Å²) < 4.78 is 122. The first-order valence-corrected chi connectivity index (χ1v) is 19.3. The molecule has 3 aliphatic rings. The third-order valence-corrected chi connectivity index (χ3v) is 10.8. The Kier molecular flexibility index (Phi) is 11.3. The maximum absolute atomic E-state index is 13.7. The van der Waals surface area contributed by atoms with Crippen molar-refractivity contribution < 1.29 is 50.9 Å². The SMILES string of the molecule is [2H]c1c([2H])c(S(=O)(=O)N[C@H]2CCN(CCOCCNC(=O)OC(C)(C)C)C2)c([2H])c([2H])c1O[C@H]1c2cc(Cl)cc(C#N)c2C[C@@H]1N1CCN(C(=O)C(F)(F)F)[C@H](C)C1. The molecule has 0 unspecified atom stereocenters. The summed E-state index contributed by atoms with van der Waals surface area (Å²) >= 11 is 6.36. The van der Waals surface area contributed by atoms with Crippen LogP contribution in [0.2, 0.25) is 5.02 Å². The topological polar surface area (TPSA) is 154 Å². The fraction of sp³-hybridized carbons (Fsp3) is 0.583. The highest BCUT2D eigenvalue weighted by Gasteiger charge is 2.47. The minimum absolute atomic E-state index is 0.0169. The Hall–Kier alpha value is -3.66. The van der Waals surface area contributed by atoms with E-state index in [1.165, 1.54) is 19.1 Å². The molecule has 4 atom stereocenters. The highest BCUT2D eigenvalue weighted by Crippen LogP contribution is 2.42. The van der Waals surface area contributed by atoms with Gasteiger partial charge in [-0.15, -0.1) is 0 Å². The summed E-state index contributed by atoms with van der Waals surface area (Å²) in [5.41, 5.74) is 0.475. The van der Waals surface area contributed by atoms with Gasteiger partial charge >= 0.3 is 18.2 Å². The van der Waals surface area contributed by atoms with E-state index < -0.39 is 92.8 Å². The lowest BCUT2D eigenvalue weighted by atomic mass is 10.0. The van der Waals surface area contributed by atoms with Gasteiger partial charge in [0.05, 0.1) is 41.3 Å². The first kappa shape index (κ1) is 36.0. The van der Waals surface area contributed by atoms with Crippen molar-refractivity contribution in [3.05, 3.63) is 58.0 Å². The van der Waals surface area contributed by atoms with Crippen molar-refractivity contribution in [2.75, 3.05) is 59.0 Å². The van der Waals surface area contributed by atoms with E-state index in [0.717, 1.165) is 4.90 Å². The molecule has 54 heavy (non-hydrogen) atoms. The van der Waals surface area contributed by atoms with Crippen LogP contribution in [0.3, 0.4) is 0 Å². The van der Waals surface area contributed by atoms with E-state index in [-0.39, 0.29) is 56.3 Å². The molecule has 1 aliphatic carbocycles. The van der Waals surface area contributed by atoms with Gasteiger partial charge in [0.2, 0.25) is 10.0 Å². The average molecular weight is 803 g/mol. The third-order valence-electron chi connectivity index (χ3n) is 9.22. The number of alkyl halides is 3. The van der Waals surface area contributed by atoms with Gasteiger partial charge in [-0.25, -0.2) is 17.9 Å². The number of nitrogens with one attached hydrogen (secondary N) is 2. The van der Waals surface area contributed by atoms with Crippen LogP contribution in [0.1, 0.15) is 62.4 Å². The standard InChI is InChI=1S/C36H46ClF3N6O7S/c1-23-21-45(12-13-46(23)33(47)36(38,39)40)31-19-29-24(20-41)17-25(37)18-30(29)32(31)52-27-5-7-28(8-6-27)54(49,50)43-26-9-11-44(22-26)14-16-51-15-10-42-34(48)53-35(2,3)4/h5-8,17-18,23,26,31-32,43H,9-16,19,21-22H2,1-4H3,(H,42,48)/t23-,26+,31+,32+/m1/s1/i5D,6D,7D,8D. The Balaban J connectivity index is 1.29. The van der Waals surface area contributed by atoms with Crippen LogP contribution in [0.5, 0.6) is 5.75 Å². The molecule has 13 nitrogen and oxygen atoms in total. The second kappa shape index (κ2) is 17.0. The maximum atomic E-state index is 13.7. The molecule has 2 aliphatic heterocycles. The van der Waals surface area contributed by atoms with Crippen LogP contribution in [0.25, 0.3) is 0 Å². The Morgan fingerprint density at radius 2 is 1.81 bits per heavy atom. The van der Waals surface area contributed by atoms with E-state index >= 15 is 0 Å². The number of ether oxygens (including phenoxy) is 3. The highest BCUT2D eigenvalue weighted by molar-refractivity contribution is 7.89. The second-order valence-electron chi connectivity index (χ2n) is 14.4. The molecule has 0 bridgehead atoms. The van der Waals surface area contributed by atoms with Crippen molar-refractivity contribution in [3.63, 3.8) is 0 Å². The van der Waals surface area contributed by atoms with Gasteiger partial charge in [-0.05, 0) is 94.5 Å². The summed E-state index contributed by atoms with van der Waals surface area (Å²) in [6, 6.07) is -0.463. The minimum atomic E-state index is -5.06. The molecule has 2 heterocycles. The smallest absolute Gasteiger partial charge is 0.471 e. The van der Waals surface area contributed by atoms with Gasteiger partial charge in [0.1, 0.15) is 17.5 Å². The van der Waals surface area contributed by atoms with Crippen LogP contribution in [0, 0.1) is 11.3 Å². The number of benzene rings is 2. The predicted octanol–water partition coefficient (Wildman–Crippen LogP) is 4.25. The molecule has 0 spiro atoms. The van der Waals surface area contributed by atoms with Crippen LogP contribution in [-0.2, 0) is 30.7 Å². The molecule has 2 aromatic carbocycles. The largest absolute Gasteiger partial charge is 0.484 e. The molecule has 296 valence electrons. The lowest BCUT2D eigenvalue weighted by molar-refractivity contribution is -0.190. The first-order chi connectivity index (χ1) is 27.0. The molecule has 2 saturated heterocycles. The first-order valence-electron chi connectivity index (χ1n) is 19.4. The van der Waals surface area contributed by atoms with E-state index in [1.54, 1.807) is 25.7 Å². The number of fused-ring (bicyclic) bond motifs is 1. The van der Waals surface area contributed by atoms with Gasteiger partial charge in [0, 0.05) is 56.4 Å². The summed E-state index contributed by atoms with van der Waals surface area (Å²) in [7, 11) is -4.60. The van der Waals surface area contributed by atoms with Crippen molar-refractivity contribution in [1.82, 2.24) is 24.7 Å². The van der Waals surface area contributed by atoms with E-state index in [1.807, 2.05) is 4.90 Å². The van der Waals surface area contributed by atoms with Crippen molar-refractivity contribution in [2.45, 2.75) is 81.4 Å². The molecule has 0 aromatic heterocycles. The normalized spacial score (nSPS) is 23.5. The molecule has 0 saturated carbocycles. The monoisotopic (exact) mass is 802 g/mol. The number of alkyl carbamates (subject to hydrolysis) is 1. The zero-order valence-electron chi connectivity index (χ0n) is 34.3. The molecule has 18 heteroatoms. The van der Waals surface area contributed by atoms with Crippen molar-refractivity contribution >= 4 is 33.6 Å². The van der Waals surface area contributed by atoms with Gasteiger partial charge in [0.25, 0.3) is 0 Å². The number of halogens is 4. The summed E-state index contributed by atoms with van der Waals surface area (Å²) in [5.74, 6) is -2.53. The number of likely N-dealkylation sites (tertiary alicyclic amines) is 1. The number of nitriles is 1. The zero-order chi connectivity index (χ0) is 42.9. The lowest BCUT2D eigenvalue weighted by Crippen LogP contribution is -2.59. The quantitative estimate of drug-likeness (QED) is 0.298. The van der Waals surface area contributed by atoms with Crippen LogP contribution in [-0.4, -0.2) is 124 Å². The van der Waals surface area contributed by atoms with Gasteiger partial charge in [0.15, 0.2) is 0 Å². The van der Waals surface area contributed by atoms with Gasteiger partial charge < -0.3 is 24.4 Å². The lowest BCUT2D eigenvalue weighted by Gasteiger charge is -2.43. The highest BCUT2D eigenvalue weighted by atomic mass is 35.5. The van der Waals surface area contributed by atoms with Crippen LogP contribution >= 0.6 is 11.6 Å². The number of nitrogens with zero attached hydrogens (tertiary/aromatic N) is 4. The van der Waals surface area contributed by atoms with E-state index in [2.05, 4.69) is 16.1 Å². The molecule has 2 fully saturated rings. The summed E-state index contributed by atoms with van der Waals surface area (Å²) in [5, 5.41) is 12.6. The number of sulfonamides is 1. The van der Waals surface area contributed by atoms with Gasteiger partial charge in [-0.2, -0.15) is 18.4 Å². The average Bonchev–Trinajstić information content (AvgIpc) is 3.72. The Morgan fingerprint density at radius 3 is 2.46 bits per heavy atom. The van der Waals surface area contributed by atoms with E-state index in [9.17, 15) is 36.4 Å². The number of hydrogen-bond donors (Lipinski definition) is 2. The Labute approximate surface area is 324 Å². The van der Waals surface area contributed by atoms with Crippen LogP contribution in [0.4, 0.5) is 18.0 Å². The summed E-state index contributed by atoms with van der Waals surface area (Å²) in [4.78, 5) is 27.4. The number of carbonyl (C=O) groups excluding carboxylic acids is 2. The number of amides is 2. The van der Waals surface area contributed by atoms with E-state index in [0.29, 0.717) is 37.2 Å². The molecule has 2 amide bonds. The van der Waals surface area contributed by atoms with Crippen molar-refractivity contribution in [3.8, 4) is 11.8 Å². The van der Waals surface area contributed by atoms with Crippen LogP contribution in [0.15, 0.2) is 41.2 Å². The van der Waals surface area contributed by atoms with Crippen LogP contribution < -0.4 is 14.8 Å². The molecule has 2 aromatic rings. The maximum Gasteiger partial charge on any atom is 0.471 e. The fourth-order valence-corrected chi connectivity index (χ4v) is 8.18. The molecule has 0 radical (unpaired) electrons. The number of hydrogen-bond acceptors (Lipinski definition) is 10. The Morgan fingerprint density at radius 1 is 1.09 bits per heavy atom. The zero-order valence-corrected chi connectivity index (χ0v) is 31.9. The summed E-state index contributed by atoms with van der Waals surface area (Å²) in [6.07, 6.45) is -6.19. The molecular formula is C36H46ClF3N6O7S. The van der Waals surface area contributed by atoms with Crippen molar-refractivity contribution in [1.29, 1.82) is 5.26 Å². The second-order valence-corrected chi connectivity index (χ2v) is 16.5. The molecule has 5 rings (SSSR count). The van der Waals surface area contributed by atoms with E-state index in [4.69, 9.17) is 31.3 Å². The number of piperazine rings is 1. The number of carbonyl (C=O) groups is 2. The van der Waals surface area contributed by atoms with Gasteiger partial charge in [-0.3, -0.25) is 14.6 Å².